The van der Waals surface area contributed by atoms with E-state index in [1.54, 1.807) is 0 Å². The minimum atomic E-state index is 0.248. The van der Waals surface area contributed by atoms with E-state index in [1.807, 2.05) is 0 Å². The van der Waals surface area contributed by atoms with Gasteiger partial charge in [0.25, 0.3) is 0 Å². The Bertz CT molecular complexity index is 501. The van der Waals surface area contributed by atoms with Crippen LogP contribution in [0.4, 0.5) is 0 Å². The lowest BCUT2D eigenvalue weighted by Crippen LogP contribution is -2.43. The topological polar surface area (TPSA) is 21.3 Å². The normalized spacial score (nSPS) is 22.4. The lowest BCUT2D eigenvalue weighted by molar-refractivity contribution is 0.0370. The van der Waals surface area contributed by atoms with Crippen LogP contribution in [-0.4, -0.2) is 19.3 Å². The molecule has 2 heteroatoms. The zero-order valence-corrected chi connectivity index (χ0v) is 12.5. The Morgan fingerprint density at radius 2 is 1.52 bits per heavy atom. The van der Waals surface area contributed by atoms with E-state index < -0.39 is 0 Å². The van der Waals surface area contributed by atoms with Gasteiger partial charge in [0.1, 0.15) is 0 Å². The predicted octanol–water partition coefficient (Wildman–Crippen LogP) is 3.79. The number of hydrogen-bond acceptors (Lipinski definition) is 2. The molecule has 0 spiro atoms. The third-order valence-corrected chi connectivity index (χ3v) is 4.29. The lowest BCUT2D eigenvalue weighted by atomic mass is 9.92. The highest BCUT2D eigenvalue weighted by Crippen LogP contribution is 2.25. The fourth-order valence-electron chi connectivity index (χ4n) is 3.02. The summed E-state index contributed by atoms with van der Waals surface area (Å²) in [6, 6.07) is 22.2. The second kappa shape index (κ2) is 6.88. The molecule has 0 aliphatic carbocycles. The van der Waals surface area contributed by atoms with Gasteiger partial charge in [-0.1, -0.05) is 67.6 Å². The van der Waals surface area contributed by atoms with Gasteiger partial charge in [-0.05, 0) is 23.5 Å². The monoisotopic (exact) mass is 281 g/mol. The molecule has 1 aliphatic rings. The highest BCUT2D eigenvalue weighted by atomic mass is 16.5. The van der Waals surface area contributed by atoms with E-state index in [-0.39, 0.29) is 6.04 Å². The maximum absolute atomic E-state index is 5.56. The smallest absolute Gasteiger partial charge is 0.0578 e. The van der Waals surface area contributed by atoms with Crippen molar-refractivity contribution in [3.63, 3.8) is 0 Å². The van der Waals surface area contributed by atoms with Crippen LogP contribution in [0.3, 0.4) is 0 Å². The number of benzene rings is 2. The first-order valence-corrected chi connectivity index (χ1v) is 7.78. The van der Waals surface area contributed by atoms with Gasteiger partial charge >= 0.3 is 0 Å². The van der Waals surface area contributed by atoms with Crippen molar-refractivity contribution in [1.82, 2.24) is 5.32 Å². The van der Waals surface area contributed by atoms with Crippen LogP contribution in [0.15, 0.2) is 60.7 Å². The van der Waals surface area contributed by atoms with Crippen molar-refractivity contribution in [2.24, 2.45) is 5.92 Å². The third-order valence-electron chi connectivity index (χ3n) is 4.29. The number of ether oxygens (including phenoxy) is 1. The fraction of sp³-hybridized carbons (Fsp3) is 0.368. The number of hydrogen-bond donors (Lipinski definition) is 1. The van der Waals surface area contributed by atoms with E-state index >= 15 is 0 Å². The predicted molar refractivity (Wildman–Crippen MR) is 86.3 cm³/mol. The van der Waals surface area contributed by atoms with Gasteiger partial charge < -0.3 is 10.1 Å². The molecule has 1 N–H and O–H groups in total. The van der Waals surface area contributed by atoms with Gasteiger partial charge in [-0.25, -0.2) is 0 Å². The van der Waals surface area contributed by atoms with Gasteiger partial charge in [-0.2, -0.15) is 0 Å². The first-order chi connectivity index (χ1) is 10.3. The summed E-state index contributed by atoms with van der Waals surface area (Å²) in [7, 11) is 0. The van der Waals surface area contributed by atoms with E-state index in [1.165, 1.54) is 11.1 Å². The largest absolute Gasteiger partial charge is 0.381 e. The van der Waals surface area contributed by atoms with E-state index in [4.69, 9.17) is 4.74 Å². The third kappa shape index (κ3) is 3.52. The summed E-state index contributed by atoms with van der Waals surface area (Å²) in [6.07, 6.45) is 1.08. The Balaban J connectivity index is 1.86. The van der Waals surface area contributed by atoms with Crippen molar-refractivity contribution < 1.29 is 4.74 Å². The second-order valence-corrected chi connectivity index (χ2v) is 5.87. The zero-order valence-electron chi connectivity index (χ0n) is 12.5. The van der Waals surface area contributed by atoms with Crippen LogP contribution in [-0.2, 0) is 4.74 Å². The van der Waals surface area contributed by atoms with Crippen molar-refractivity contribution in [2.45, 2.75) is 25.4 Å². The molecule has 0 amide bonds. The van der Waals surface area contributed by atoms with Crippen molar-refractivity contribution in [2.75, 3.05) is 13.2 Å². The van der Waals surface area contributed by atoms with Gasteiger partial charge in [0.15, 0.2) is 0 Å². The van der Waals surface area contributed by atoms with E-state index in [9.17, 15) is 0 Å². The van der Waals surface area contributed by atoms with Crippen LogP contribution < -0.4 is 5.32 Å². The molecule has 2 nitrogen and oxygen atoms in total. The lowest BCUT2D eigenvalue weighted by Gasteiger charge is -2.33. The molecule has 1 heterocycles. The molecule has 1 fully saturated rings. The van der Waals surface area contributed by atoms with Gasteiger partial charge in [0, 0.05) is 12.6 Å². The maximum Gasteiger partial charge on any atom is 0.0578 e. The maximum atomic E-state index is 5.56. The summed E-state index contributed by atoms with van der Waals surface area (Å²) in [5.41, 5.74) is 2.64. The van der Waals surface area contributed by atoms with Crippen LogP contribution in [0.25, 0.3) is 0 Å². The number of nitrogens with one attached hydrogen (secondary N) is 1. The highest BCUT2D eigenvalue weighted by molar-refractivity contribution is 5.31. The Morgan fingerprint density at radius 1 is 0.952 bits per heavy atom. The minimum Gasteiger partial charge on any atom is -0.381 e. The Morgan fingerprint density at radius 3 is 2.05 bits per heavy atom. The summed E-state index contributed by atoms with van der Waals surface area (Å²) < 4.78 is 5.56. The van der Waals surface area contributed by atoms with Gasteiger partial charge in [-0.3, -0.25) is 0 Å². The summed E-state index contributed by atoms with van der Waals surface area (Å²) in [4.78, 5) is 0. The molecule has 0 radical (unpaired) electrons. The fourth-order valence-corrected chi connectivity index (χ4v) is 3.02. The van der Waals surface area contributed by atoms with Crippen molar-refractivity contribution in [3.05, 3.63) is 71.8 Å². The molecule has 0 aromatic heterocycles. The molecule has 1 saturated heterocycles. The first kappa shape index (κ1) is 14.3. The second-order valence-electron chi connectivity index (χ2n) is 5.87. The molecular formula is C19H23NO. The molecule has 21 heavy (non-hydrogen) atoms. The van der Waals surface area contributed by atoms with Gasteiger partial charge in [0.05, 0.1) is 12.6 Å². The Kier molecular flexibility index (Phi) is 4.69. The highest BCUT2D eigenvalue weighted by Gasteiger charge is 2.25. The molecule has 2 aromatic rings. The Labute approximate surface area is 127 Å². The average molecular weight is 281 g/mol. The minimum absolute atomic E-state index is 0.248. The average Bonchev–Trinajstić information content (AvgIpc) is 2.56. The summed E-state index contributed by atoms with van der Waals surface area (Å²) >= 11 is 0. The van der Waals surface area contributed by atoms with Gasteiger partial charge in [-0.15, -0.1) is 0 Å². The van der Waals surface area contributed by atoms with Crippen LogP contribution in [0.2, 0.25) is 0 Å². The molecule has 110 valence electrons. The molecular weight excluding hydrogens is 258 g/mol. The van der Waals surface area contributed by atoms with E-state index in [0.29, 0.717) is 12.0 Å². The van der Waals surface area contributed by atoms with Crippen molar-refractivity contribution in [3.8, 4) is 0 Å². The van der Waals surface area contributed by atoms with Gasteiger partial charge in [0.2, 0.25) is 0 Å². The van der Waals surface area contributed by atoms with Crippen LogP contribution in [0.1, 0.15) is 30.5 Å². The quantitative estimate of drug-likeness (QED) is 0.920. The van der Waals surface area contributed by atoms with E-state index in [0.717, 1.165) is 19.6 Å². The van der Waals surface area contributed by atoms with Crippen LogP contribution in [0, 0.1) is 5.92 Å². The molecule has 1 aliphatic heterocycles. The van der Waals surface area contributed by atoms with Crippen molar-refractivity contribution >= 4 is 0 Å². The summed E-state index contributed by atoms with van der Waals surface area (Å²) in [5, 5.41) is 3.86. The first-order valence-electron chi connectivity index (χ1n) is 7.78. The van der Waals surface area contributed by atoms with E-state index in [2.05, 4.69) is 72.9 Å². The molecule has 0 bridgehead atoms. The molecule has 2 atom stereocenters. The van der Waals surface area contributed by atoms with Crippen molar-refractivity contribution in [1.29, 1.82) is 0 Å². The summed E-state index contributed by atoms with van der Waals surface area (Å²) in [5.74, 6) is 0.550. The molecule has 3 rings (SSSR count). The Hall–Kier alpha value is -1.64. The zero-order chi connectivity index (χ0) is 14.5. The number of rotatable bonds is 4. The molecule has 2 aromatic carbocycles. The molecule has 0 saturated carbocycles. The van der Waals surface area contributed by atoms with Crippen LogP contribution in [0.5, 0.6) is 0 Å². The molecule has 0 unspecified atom stereocenters. The standard InChI is InChI=1S/C19H23NO/c1-15-14-21-13-12-18(15)20-19(16-8-4-2-5-9-16)17-10-6-3-7-11-17/h2-11,15,18-20H,12-14H2,1H3/t15-,18+/m1/s1. The SMILES string of the molecule is C[C@@H]1COCC[C@@H]1NC(c1ccccc1)c1ccccc1. The van der Waals surface area contributed by atoms with Crippen LogP contribution >= 0.6 is 0 Å². The summed E-state index contributed by atoms with van der Waals surface area (Å²) in [6.45, 7) is 3.98.